The van der Waals surface area contributed by atoms with Crippen molar-refractivity contribution in [2.24, 2.45) is 0 Å². The van der Waals surface area contributed by atoms with Crippen LogP contribution in [-0.4, -0.2) is 43.7 Å². The smallest absolute Gasteiger partial charge is 0.231 e. The summed E-state index contributed by atoms with van der Waals surface area (Å²) in [6, 6.07) is 11.1. The highest BCUT2D eigenvalue weighted by molar-refractivity contribution is 6.15. The predicted molar refractivity (Wildman–Crippen MR) is 124 cm³/mol. The lowest BCUT2D eigenvalue weighted by Gasteiger charge is -2.29. The van der Waals surface area contributed by atoms with Gasteiger partial charge in [-0.2, -0.15) is 0 Å². The van der Waals surface area contributed by atoms with Crippen LogP contribution in [0.4, 0.5) is 0 Å². The molecular weight excluding hydrogens is 436 g/mol. The average molecular weight is 460 g/mol. The van der Waals surface area contributed by atoms with Gasteiger partial charge in [0, 0.05) is 31.0 Å². The van der Waals surface area contributed by atoms with E-state index in [2.05, 4.69) is 9.88 Å². The SMILES string of the molecule is COc1ccc(/C=C2\Oc3c(ccc4c3CN(Cc3ccncc3)CO4)C2=O)c(OC)c1OC. The molecule has 0 unspecified atom stereocenters. The zero-order valence-electron chi connectivity index (χ0n) is 19.2. The summed E-state index contributed by atoms with van der Waals surface area (Å²) in [5.41, 5.74) is 3.14. The first kappa shape index (κ1) is 21.8. The molecule has 0 saturated heterocycles. The van der Waals surface area contributed by atoms with Gasteiger partial charge in [-0.15, -0.1) is 0 Å². The summed E-state index contributed by atoms with van der Waals surface area (Å²) in [5, 5.41) is 0. The molecule has 0 aliphatic carbocycles. The second kappa shape index (κ2) is 9.07. The van der Waals surface area contributed by atoms with Crippen molar-refractivity contribution < 1.29 is 28.5 Å². The molecule has 0 saturated carbocycles. The number of ketones is 1. The first-order valence-corrected chi connectivity index (χ1v) is 10.8. The maximum atomic E-state index is 13.2. The third-order valence-corrected chi connectivity index (χ3v) is 5.86. The van der Waals surface area contributed by atoms with Gasteiger partial charge in [0.15, 0.2) is 17.3 Å². The number of pyridine rings is 1. The van der Waals surface area contributed by atoms with Crippen LogP contribution in [0.5, 0.6) is 28.7 Å². The topological polar surface area (TPSA) is 79.4 Å². The zero-order chi connectivity index (χ0) is 23.7. The minimum Gasteiger partial charge on any atom is -0.493 e. The van der Waals surface area contributed by atoms with Gasteiger partial charge in [-0.05, 0) is 48.0 Å². The first-order valence-electron chi connectivity index (χ1n) is 10.8. The number of fused-ring (bicyclic) bond motifs is 3. The highest BCUT2D eigenvalue weighted by Gasteiger charge is 2.34. The highest BCUT2D eigenvalue weighted by Crippen LogP contribution is 2.44. The van der Waals surface area contributed by atoms with Crippen molar-refractivity contribution in [3.63, 3.8) is 0 Å². The van der Waals surface area contributed by atoms with Crippen LogP contribution in [0.15, 0.2) is 54.6 Å². The molecule has 5 rings (SSSR count). The van der Waals surface area contributed by atoms with E-state index >= 15 is 0 Å². The fourth-order valence-electron chi connectivity index (χ4n) is 4.23. The van der Waals surface area contributed by atoms with E-state index in [0.717, 1.165) is 16.9 Å². The highest BCUT2D eigenvalue weighted by atomic mass is 16.5. The number of carbonyl (C=O) groups is 1. The summed E-state index contributed by atoms with van der Waals surface area (Å²) in [6.45, 7) is 1.75. The lowest BCUT2D eigenvalue weighted by atomic mass is 10.0. The number of carbonyl (C=O) groups excluding carboxylic acids is 1. The summed E-state index contributed by atoms with van der Waals surface area (Å²) < 4.78 is 28.4. The number of benzene rings is 2. The molecule has 3 aromatic rings. The Morgan fingerprint density at radius 3 is 2.53 bits per heavy atom. The molecule has 3 heterocycles. The normalized spacial score (nSPS) is 15.9. The summed E-state index contributed by atoms with van der Waals surface area (Å²) in [5.74, 6) is 2.70. The van der Waals surface area contributed by atoms with Gasteiger partial charge >= 0.3 is 0 Å². The standard InChI is InChI=1S/C26H24N2O6/c1-30-21-6-4-17(24(31-2)26(21)32-3)12-22-23(29)18-5-7-20-19(25(18)34-22)14-28(15-33-20)13-16-8-10-27-11-9-16/h4-12H,13-15H2,1-3H3/b22-12-. The number of rotatable bonds is 6. The van der Waals surface area contributed by atoms with Gasteiger partial charge in [-0.1, -0.05) is 0 Å². The molecule has 8 nitrogen and oxygen atoms in total. The lowest BCUT2D eigenvalue weighted by molar-refractivity contribution is 0.0872. The molecule has 1 aromatic heterocycles. The number of hydrogen-bond donors (Lipinski definition) is 0. The predicted octanol–water partition coefficient (Wildman–Crippen LogP) is 4.08. The van der Waals surface area contributed by atoms with Crippen molar-refractivity contribution in [2.45, 2.75) is 13.1 Å². The molecule has 0 fully saturated rings. The van der Waals surface area contributed by atoms with Crippen LogP contribution in [0.25, 0.3) is 6.08 Å². The first-order chi connectivity index (χ1) is 16.6. The monoisotopic (exact) mass is 460 g/mol. The Morgan fingerprint density at radius 2 is 1.79 bits per heavy atom. The molecule has 34 heavy (non-hydrogen) atoms. The van der Waals surface area contributed by atoms with Crippen molar-refractivity contribution >= 4 is 11.9 Å². The minimum atomic E-state index is -0.194. The average Bonchev–Trinajstić information content (AvgIpc) is 3.19. The van der Waals surface area contributed by atoms with E-state index in [-0.39, 0.29) is 11.5 Å². The van der Waals surface area contributed by atoms with Crippen molar-refractivity contribution in [3.8, 4) is 28.7 Å². The summed E-state index contributed by atoms with van der Waals surface area (Å²) in [6.07, 6.45) is 5.20. The van der Waals surface area contributed by atoms with Gasteiger partial charge in [0.2, 0.25) is 11.5 Å². The van der Waals surface area contributed by atoms with E-state index in [1.807, 2.05) is 18.2 Å². The quantitative estimate of drug-likeness (QED) is 0.510. The van der Waals surface area contributed by atoms with Crippen LogP contribution in [0.2, 0.25) is 0 Å². The van der Waals surface area contributed by atoms with E-state index < -0.39 is 0 Å². The Bertz CT molecular complexity index is 1270. The van der Waals surface area contributed by atoms with Crippen LogP contribution in [0.1, 0.15) is 27.0 Å². The Balaban J connectivity index is 1.46. The van der Waals surface area contributed by atoms with E-state index in [9.17, 15) is 4.79 Å². The number of ether oxygens (including phenoxy) is 5. The maximum absolute atomic E-state index is 13.2. The number of Topliss-reactive ketones (excluding diaryl/α,β-unsaturated/α-hetero) is 1. The van der Waals surface area contributed by atoms with Gasteiger partial charge in [-0.25, -0.2) is 0 Å². The number of methoxy groups -OCH3 is 3. The maximum Gasteiger partial charge on any atom is 0.231 e. The van der Waals surface area contributed by atoms with Gasteiger partial charge in [0.05, 0.1) is 32.5 Å². The van der Waals surface area contributed by atoms with E-state index in [4.69, 9.17) is 23.7 Å². The van der Waals surface area contributed by atoms with Crippen molar-refractivity contribution in [1.29, 1.82) is 0 Å². The zero-order valence-corrected chi connectivity index (χ0v) is 19.2. The van der Waals surface area contributed by atoms with Crippen molar-refractivity contribution in [1.82, 2.24) is 9.88 Å². The minimum absolute atomic E-state index is 0.194. The van der Waals surface area contributed by atoms with Crippen LogP contribution < -0.4 is 23.7 Å². The van der Waals surface area contributed by atoms with Gasteiger partial charge < -0.3 is 23.7 Å². The third-order valence-electron chi connectivity index (χ3n) is 5.86. The molecule has 8 heteroatoms. The Kier molecular flexibility index (Phi) is 5.81. The van der Waals surface area contributed by atoms with Gasteiger partial charge in [0.1, 0.15) is 18.2 Å². The third kappa shape index (κ3) is 3.82. The molecule has 0 atom stereocenters. The molecule has 0 N–H and O–H groups in total. The lowest BCUT2D eigenvalue weighted by Crippen LogP contribution is -2.31. The van der Waals surface area contributed by atoms with E-state index in [1.54, 1.807) is 43.8 Å². The summed E-state index contributed by atoms with van der Waals surface area (Å²) in [7, 11) is 4.63. The Hall–Kier alpha value is -4.04. The molecule has 2 aliphatic rings. The molecule has 2 aliphatic heterocycles. The molecule has 0 spiro atoms. The van der Waals surface area contributed by atoms with Crippen LogP contribution >= 0.6 is 0 Å². The number of allylic oxidation sites excluding steroid dienone is 1. The van der Waals surface area contributed by atoms with Gasteiger partial charge in [0.25, 0.3) is 0 Å². The number of nitrogens with zero attached hydrogens (tertiary/aromatic N) is 2. The molecular formula is C26H24N2O6. The van der Waals surface area contributed by atoms with Crippen LogP contribution in [-0.2, 0) is 13.1 Å². The second-order valence-electron chi connectivity index (χ2n) is 7.90. The number of aromatic nitrogens is 1. The molecule has 2 aromatic carbocycles. The van der Waals surface area contributed by atoms with Crippen molar-refractivity contribution in [2.75, 3.05) is 28.1 Å². The molecule has 0 bridgehead atoms. The Labute approximate surface area is 197 Å². The summed E-state index contributed by atoms with van der Waals surface area (Å²) in [4.78, 5) is 19.4. The largest absolute Gasteiger partial charge is 0.493 e. The molecule has 174 valence electrons. The fraction of sp³-hybridized carbons (Fsp3) is 0.231. The van der Waals surface area contributed by atoms with E-state index in [1.165, 1.54) is 14.2 Å². The molecule has 0 amide bonds. The Morgan fingerprint density at radius 1 is 1.00 bits per heavy atom. The van der Waals surface area contributed by atoms with Crippen LogP contribution in [0.3, 0.4) is 0 Å². The summed E-state index contributed by atoms with van der Waals surface area (Å²) >= 11 is 0. The van der Waals surface area contributed by atoms with Crippen molar-refractivity contribution in [3.05, 3.63) is 76.8 Å². The molecule has 0 radical (unpaired) electrons. The second-order valence-corrected chi connectivity index (χ2v) is 7.90. The van der Waals surface area contributed by atoms with Crippen LogP contribution in [0, 0.1) is 0 Å². The fourth-order valence-corrected chi connectivity index (χ4v) is 4.23. The van der Waals surface area contributed by atoms with Gasteiger partial charge in [-0.3, -0.25) is 14.7 Å². The van der Waals surface area contributed by atoms with E-state index in [0.29, 0.717) is 53.9 Å². The number of hydrogen-bond acceptors (Lipinski definition) is 8.